The Labute approximate surface area is 163 Å². The molecule has 1 aromatic heterocycles. The van der Waals surface area contributed by atoms with Gasteiger partial charge in [-0.3, -0.25) is 9.59 Å². The minimum atomic E-state index is -0.529. The van der Waals surface area contributed by atoms with E-state index in [9.17, 15) is 14.7 Å². The Hall–Kier alpha value is -2.90. The molecular formula is C20H25N5O3. The van der Waals surface area contributed by atoms with Gasteiger partial charge in [0.1, 0.15) is 17.6 Å². The van der Waals surface area contributed by atoms with Crippen LogP contribution >= 0.6 is 0 Å². The Bertz CT molecular complexity index is 878. The molecule has 0 saturated carbocycles. The maximum Gasteiger partial charge on any atom is 0.258 e. The third kappa shape index (κ3) is 3.58. The van der Waals surface area contributed by atoms with Crippen molar-refractivity contribution in [1.82, 2.24) is 25.0 Å². The molecule has 2 aliphatic rings. The molecule has 8 nitrogen and oxygen atoms in total. The molecule has 2 aromatic rings. The highest BCUT2D eigenvalue weighted by Crippen LogP contribution is 2.24. The summed E-state index contributed by atoms with van der Waals surface area (Å²) in [5.41, 5.74) is 0.227. The average molecular weight is 383 g/mol. The van der Waals surface area contributed by atoms with Crippen molar-refractivity contribution in [2.24, 2.45) is 0 Å². The summed E-state index contributed by atoms with van der Waals surface area (Å²) < 4.78 is 2.10. The second-order valence-corrected chi connectivity index (χ2v) is 7.39. The van der Waals surface area contributed by atoms with Gasteiger partial charge in [0.15, 0.2) is 5.82 Å². The van der Waals surface area contributed by atoms with Crippen molar-refractivity contribution in [3.63, 3.8) is 0 Å². The van der Waals surface area contributed by atoms with Crippen LogP contribution in [0.2, 0.25) is 0 Å². The number of hydrogen-bond donors (Lipinski definition) is 2. The lowest BCUT2D eigenvalue weighted by molar-refractivity contribution is -0.125. The molecule has 2 aliphatic heterocycles. The second-order valence-electron chi connectivity index (χ2n) is 7.39. The highest BCUT2D eigenvalue weighted by atomic mass is 16.3. The van der Waals surface area contributed by atoms with Crippen molar-refractivity contribution >= 4 is 11.8 Å². The van der Waals surface area contributed by atoms with Gasteiger partial charge in [0, 0.05) is 19.5 Å². The predicted molar refractivity (Wildman–Crippen MR) is 102 cm³/mol. The molecular weight excluding hydrogens is 358 g/mol. The summed E-state index contributed by atoms with van der Waals surface area (Å²) in [4.78, 5) is 27.1. The summed E-state index contributed by atoms with van der Waals surface area (Å²) in [5.74, 6) is 1.19. The monoisotopic (exact) mass is 383 g/mol. The Kier molecular flexibility index (Phi) is 5.27. The first kappa shape index (κ1) is 18.5. The minimum absolute atomic E-state index is 0.0651. The van der Waals surface area contributed by atoms with Crippen LogP contribution < -0.4 is 5.32 Å². The van der Waals surface area contributed by atoms with E-state index in [4.69, 9.17) is 0 Å². The molecule has 0 radical (unpaired) electrons. The number of aryl methyl sites for hydroxylation is 1. The Morgan fingerprint density at radius 1 is 1.11 bits per heavy atom. The maximum atomic E-state index is 12.8. The van der Waals surface area contributed by atoms with Crippen LogP contribution in [0.4, 0.5) is 0 Å². The first-order valence-electron chi connectivity index (χ1n) is 9.93. The van der Waals surface area contributed by atoms with Crippen molar-refractivity contribution < 1.29 is 14.7 Å². The third-order valence-electron chi connectivity index (χ3n) is 5.56. The van der Waals surface area contributed by atoms with Crippen LogP contribution in [0.15, 0.2) is 24.3 Å². The van der Waals surface area contributed by atoms with Crippen LogP contribution in [-0.4, -0.2) is 49.2 Å². The molecule has 1 saturated heterocycles. The quantitative estimate of drug-likeness (QED) is 0.836. The van der Waals surface area contributed by atoms with Crippen molar-refractivity contribution in [1.29, 1.82) is 0 Å². The van der Waals surface area contributed by atoms with E-state index < -0.39 is 6.04 Å². The fourth-order valence-corrected chi connectivity index (χ4v) is 4.05. The summed E-state index contributed by atoms with van der Waals surface area (Å²) in [6.45, 7) is 1.70. The molecule has 1 atom stereocenters. The summed E-state index contributed by atoms with van der Waals surface area (Å²) in [6, 6.07) is 5.90. The lowest BCUT2D eigenvalue weighted by atomic mass is 10.1. The molecule has 0 spiro atoms. The molecule has 1 fully saturated rings. The number of rotatable bonds is 4. The molecule has 0 aliphatic carbocycles. The van der Waals surface area contributed by atoms with E-state index in [1.54, 1.807) is 23.1 Å². The zero-order chi connectivity index (χ0) is 19.5. The van der Waals surface area contributed by atoms with Crippen LogP contribution in [0.1, 0.15) is 54.1 Å². The van der Waals surface area contributed by atoms with E-state index in [2.05, 4.69) is 20.1 Å². The zero-order valence-corrected chi connectivity index (χ0v) is 15.8. The number of benzene rings is 1. The topological polar surface area (TPSA) is 100 Å². The van der Waals surface area contributed by atoms with E-state index in [1.165, 1.54) is 12.5 Å². The van der Waals surface area contributed by atoms with Crippen molar-refractivity contribution in [2.45, 2.75) is 57.7 Å². The van der Waals surface area contributed by atoms with Gasteiger partial charge in [-0.05, 0) is 37.8 Å². The largest absolute Gasteiger partial charge is 0.507 e. The van der Waals surface area contributed by atoms with Gasteiger partial charge in [-0.1, -0.05) is 18.6 Å². The molecule has 2 amide bonds. The first-order valence-corrected chi connectivity index (χ1v) is 9.93. The van der Waals surface area contributed by atoms with Gasteiger partial charge in [-0.15, -0.1) is 10.2 Å². The van der Waals surface area contributed by atoms with Gasteiger partial charge < -0.3 is 19.9 Å². The number of aromatic hydroxyl groups is 1. The molecule has 3 heterocycles. The second kappa shape index (κ2) is 8.00. The number of nitrogens with zero attached hydrogens (tertiary/aromatic N) is 4. The molecule has 2 N–H and O–H groups in total. The van der Waals surface area contributed by atoms with Crippen LogP contribution in [-0.2, 0) is 24.3 Å². The van der Waals surface area contributed by atoms with Gasteiger partial charge in [0.05, 0.1) is 12.1 Å². The van der Waals surface area contributed by atoms with Crippen molar-refractivity contribution in [3.05, 3.63) is 41.5 Å². The Morgan fingerprint density at radius 2 is 1.96 bits per heavy atom. The van der Waals surface area contributed by atoms with E-state index in [1.807, 2.05) is 0 Å². The predicted octanol–water partition coefficient (Wildman–Crippen LogP) is 1.63. The fourth-order valence-electron chi connectivity index (χ4n) is 4.05. The summed E-state index contributed by atoms with van der Waals surface area (Å²) in [6.07, 6.45) is 5.70. The van der Waals surface area contributed by atoms with Gasteiger partial charge in [-0.2, -0.15) is 0 Å². The van der Waals surface area contributed by atoms with Crippen LogP contribution in [0.25, 0.3) is 0 Å². The highest BCUT2D eigenvalue weighted by molar-refractivity contribution is 5.99. The lowest BCUT2D eigenvalue weighted by Crippen LogP contribution is -2.46. The van der Waals surface area contributed by atoms with E-state index in [-0.39, 0.29) is 23.1 Å². The number of carbonyl (C=O) groups excluding carboxylic acids is 2. The fraction of sp³-hybridized carbons (Fsp3) is 0.500. The van der Waals surface area contributed by atoms with Crippen LogP contribution in [0.3, 0.4) is 0 Å². The normalized spacial score (nSPS) is 19.1. The molecule has 8 heteroatoms. The van der Waals surface area contributed by atoms with Gasteiger partial charge in [0.25, 0.3) is 5.91 Å². The number of amides is 2. The average Bonchev–Trinajstić information content (AvgIpc) is 3.27. The summed E-state index contributed by atoms with van der Waals surface area (Å²) in [7, 11) is 0. The van der Waals surface area contributed by atoms with Crippen molar-refractivity contribution in [2.75, 3.05) is 6.54 Å². The van der Waals surface area contributed by atoms with Crippen LogP contribution in [0.5, 0.6) is 5.75 Å². The molecule has 4 rings (SSSR count). The Morgan fingerprint density at radius 3 is 2.82 bits per heavy atom. The molecule has 28 heavy (non-hydrogen) atoms. The first-order chi connectivity index (χ1) is 13.6. The van der Waals surface area contributed by atoms with E-state index in [0.29, 0.717) is 19.5 Å². The number of phenolic OH excluding ortho intramolecular Hbond substituents is 1. The standard InChI is InChI=1S/C20H25N5O3/c26-16-9-4-3-7-14(16)20(28)24-12-6-8-15(24)19(27)21-13-18-23-22-17-10-2-1-5-11-25(17)18/h3-4,7,9,15,26H,1-2,5-6,8,10-13H2,(H,21,27). The number of hydrogen-bond acceptors (Lipinski definition) is 5. The maximum absolute atomic E-state index is 12.8. The smallest absolute Gasteiger partial charge is 0.258 e. The van der Waals surface area contributed by atoms with Gasteiger partial charge in [0.2, 0.25) is 5.91 Å². The Balaban J connectivity index is 1.42. The molecule has 148 valence electrons. The number of phenols is 1. The highest BCUT2D eigenvalue weighted by Gasteiger charge is 2.35. The number of fused-ring (bicyclic) bond motifs is 1. The number of carbonyl (C=O) groups is 2. The number of aromatic nitrogens is 3. The number of nitrogens with one attached hydrogen (secondary N) is 1. The third-order valence-corrected chi connectivity index (χ3v) is 5.56. The van der Waals surface area contributed by atoms with Crippen LogP contribution in [0, 0.1) is 0 Å². The minimum Gasteiger partial charge on any atom is -0.507 e. The lowest BCUT2D eigenvalue weighted by Gasteiger charge is -2.24. The number of para-hydroxylation sites is 1. The molecule has 1 unspecified atom stereocenters. The van der Waals surface area contributed by atoms with Crippen molar-refractivity contribution in [3.8, 4) is 5.75 Å². The number of likely N-dealkylation sites (tertiary alicyclic amines) is 1. The van der Waals surface area contributed by atoms with E-state index >= 15 is 0 Å². The molecule has 1 aromatic carbocycles. The molecule has 0 bridgehead atoms. The summed E-state index contributed by atoms with van der Waals surface area (Å²) >= 11 is 0. The van der Waals surface area contributed by atoms with Gasteiger partial charge in [-0.25, -0.2) is 0 Å². The zero-order valence-electron chi connectivity index (χ0n) is 15.8. The van der Waals surface area contributed by atoms with E-state index in [0.717, 1.165) is 43.9 Å². The van der Waals surface area contributed by atoms with Gasteiger partial charge >= 0.3 is 0 Å². The SMILES string of the molecule is O=C(NCc1nnc2n1CCCCC2)C1CCCN1C(=O)c1ccccc1O. The summed E-state index contributed by atoms with van der Waals surface area (Å²) in [5, 5.41) is 21.4.